The predicted molar refractivity (Wildman–Crippen MR) is 134 cm³/mol. The predicted octanol–water partition coefficient (Wildman–Crippen LogP) is 8.65. The SMILES string of the molecule is C1=Cc2ccc3c(c2[N-]C1)[N-]CC=C3.CCC[CH2][Sn]([I])([I])[CH2]CCC. The molecule has 2 heterocycles. The Bertz CT molecular complexity index is 561. The van der Waals surface area contributed by atoms with Gasteiger partial charge in [0.25, 0.3) is 0 Å². The van der Waals surface area contributed by atoms with Crippen LogP contribution in [0.1, 0.15) is 50.7 Å². The first-order chi connectivity index (χ1) is 12.1. The zero-order valence-electron chi connectivity index (χ0n) is 15.3. The van der Waals surface area contributed by atoms with Crippen LogP contribution in [0.4, 0.5) is 11.4 Å². The number of fused-ring (bicyclic) bond motifs is 3. The summed E-state index contributed by atoms with van der Waals surface area (Å²) in [6.07, 6.45) is 14.1. The molecule has 0 aliphatic carbocycles. The maximum absolute atomic E-state index is 4.49. The normalized spacial score (nSPS) is 14.6. The van der Waals surface area contributed by atoms with Gasteiger partial charge in [-0.15, -0.1) is 36.6 Å². The topological polar surface area (TPSA) is 28.2 Å². The first-order valence-corrected chi connectivity index (χ1v) is 30.0. The van der Waals surface area contributed by atoms with E-state index in [0.29, 0.717) is 0 Å². The molecule has 1 aromatic carbocycles. The summed E-state index contributed by atoms with van der Waals surface area (Å²) in [7, 11) is -1.50. The van der Waals surface area contributed by atoms with E-state index in [4.69, 9.17) is 0 Å². The van der Waals surface area contributed by atoms with Crippen LogP contribution in [0.3, 0.4) is 0 Å². The molecule has 25 heavy (non-hydrogen) atoms. The summed E-state index contributed by atoms with van der Waals surface area (Å²) in [5.74, 6) is 0. The molecule has 2 nitrogen and oxygen atoms in total. The molecule has 2 aliphatic rings. The van der Waals surface area contributed by atoms with Gasteiger partial charge >= 0.3 is 96.1 Å². The Kier molecular flexibility index (Phi) is 9.98. The monoisotopic (exact) mass is 670 g/mol. The summed E-state index contributed by atoms with van der Waals surface area (Å²) < 4.78 is 3.18. The molecule has 138 valence electrons. The minimum absolute atomic E-state index is 0.780. The standard InChI is InChI=1S/C12H10N2.2C4H9.2HI.Sn/c1-3-9-5-6-10-4-2-8-14-12(10)11(9)13-7-1;2*1-3-4-2;;;/h1-6H,7-8H2;2*1,3-4H2,2H3;2*1H;/q-2;;;;;+2/p-2. The Labute approximate surface area is 176 Å². The Morgan fingerprint density at radius 3 is 1.68 bits per heavy atom. The number of unbranched alkanes of at least 4 members (excludes halogenated alkanes) is 2. The van der Waals surface area contributed by atoms with Gasteiger partial charge in [0.05, 0.1) is 0 Å². The molecular formula is C20H28I2N2Sn-2. The molecule has 0 fully saturated rings. The molecule has 3 rings (SSSR count). The molecular weight excluding hydrogens is 641 g/mol. The Morgan fingerprint density at radius 2 is 1.28 bits per heavy atom. The molecule has 0 unspecified atom stereocenters. The zero-order valence-corrected chi connectivity index (χ0v) is 22.4. The van der Waals surface area contributed by atoms with Crippen LogP contribution >= 0.6 is 37.3 Å². The third-order valence-corrected chi connectivity index (χ3v) is 25.0. The maximum atomic E-state index is 4.49. The van der Waals surface area contributed by atoms with Crippen LogP contribution in [-0.4, -0.2) is 23.5 Å². The number of nitrogens with zero attached hydrogens (tertiary/aromatic N) is 2. The van der Waals surface area contributed by atoms with E-state index in [1.807, 2.05) is 0 Å². The Morgan fingerprint density at radius 1 is 0.840 bits per heavy atom. The molecule has 0 atom stereocenters. The van der Waals surface area contributed by atoms with Crippen molar-refractivity contribution >= 4 is 71.2 Å². The molecule has 0 saturated carbocycles. The second kappa shape index (κ2) is 11.4. The van der Waals surface area contributed by atoms with Crippen molar-refractivity contribution in [3.05, 3.63) is 46.0 Å². The summed E-state index contributed by atoms with van der Waals surface area (Å²) in [5.41, 5.74) is 4.51. The molecule has 0 radical (unpaired) electrons. The van der Waals surface area contributed by atoms with Crippen LogP contribution in [0.25, 0.3) is 22.8 Å². The van der Waals surface area contributed by atoms with Crippen molar-refractivity contribution in [1.29, 1.82) is 0 Å². The van der Waals surface area contributed by atoms with Crippen molar-refractivity contribution < 1.29 is 0 Å². The fourth-order valence-corrected chi connectivity index (χ4v) is 18.8. The van der Waals surface area contributed by atoms with E-state index in [2.05, 4.69) is 98.2 Å². The zero-order chi connectivity index (χ0) is 18.1. The van der Waals surface area contributed by atoms with E-state index in [9.17, 15) is 0 Å². The van der Waals surface area contributed by atoms with Crippen LogP contribution in [0.15, 0.2) is 24.3 Å². The van der Waals surface area contributed by atoms with Crippen molar-refractivity contribution in [2.75, 3.05) is 13.1 Å². The molecule has 0 aromatic heterocycles. The van der Waals surface area contributed by atoms with E-state index < -0.39 is 10.4 Å². The van der Waals surface area contributed by atoms with Crippen molar-refractivity contribution in [1.82, 2.24) is 0 Å². The number of hydrogen-bond donors (Lipinski definition) is 0. The molecule has 0 N–H and O–H groups in total. The molecule has 0 saturated heterocycles. The van der Waals surface area contributed by atoms with Crippen LogP contribution < -0.4 is 0 Å². The quantitative estimate of drug-likeness (QED) is 0.215. The second-order valence-corrected chi connectivity index (χ2v) is 55.8. The second-order valence-electron chi connectivity index (χ2n) is 6.49. The van der Waals surface area contributed by atoms with Gasteiger partial charge in [-0.1, -0.05) is 24.3 Å². The number of hydrogen-bond acceptors (Lipinski definition) is 0. The summed E-state index contributed by atoms with van der Waals surface area (Å²) >= 11 is 5.64. The third kappa shape index (κ3) is 7.24. The molecule has 0 amide bonds. The van der Waals surface area contributed by atoms with Crippen LogP contribution in [0, 0.1) is 0 Å². The fourth-order valence-electron chi connectivity index (χ4n) is 2.86. The average Bonchev–Trinajstić information content (AvgIpc) is 2.65. The van der Waals surface area contributed by atoms with Gasteiger partial charge in [-0.25, -0.2) is 0 Å². The van der Waals surface area contributed by atoms with Crippen molar-refractivity contribution in [2.45, 2.75) is 48.4 Å². The van der Waals surface area contributed by atoms with Gasteiger partial charge in [-0.05, 0) is 11.1 Å². The Balaban J connectivity index is 0.000000188. The summed E-state index contributed by atoms with van der Waals surface area (Å²) in [6.45, 7) is 6.16. The first kappa shape index (κ1) is 21.9. The van der Waals surface area contributed by atoms with E-state index in [1.54, 1.807) is 8.87 Å². The minimum atomic E-state index is -1.50. The fraction of sp³-hybridized carbons (Fsp3) is 0.500. The summed E-state index contributed by atoms with van der Waals surface area (Å²) in [4.78, 5) is 0. The van der Waals surface area contributed by atoms with Crippen LogP contribution in [0.5, 0.6) is 0 Å². The van der Waals surface area contributed by atoms with Gasteiger partial charge < -0.3 is 10.6 Å². The van der Waals surface area contributed by atoms with Gasteiger partial charge in [-0.2, -0.15) is 0 Å². The van der Waals surface area contributed by atoms with Gasteiger partial charge in [-0.3, -0.25) is 0 Å². The van der Waals surface area contributed by atoms with Gasteiger partial charge in [0, 0.05) is 0 Å². The average molecular weight is 669 g/mol. The molecule has 1 aromatic rings. The molecule has 0 spiro atoms. The number of rotatable bonds is 6. The number of halogens is 2. The van der Waals surface area contributed by atoms with E-state index in [0.717, 1.165) is 24.5 Å². The molecule has 0 bridgehead atoms. The van der Waals surface area contributed by atoms with Gasteiger partial charge in [0.2, 0.25) is 0 Å². The summed E-state index contributed by atoms with van der Waals surface area (Å²) in [5, 5.41) is 8.98. The van der Waals surface area contributed by atoms with Crippen molar-refractivity contribution in [3.63, 3.8) is 0 Å². The van der Waals surface area contributed by atoms with Crippen molar-refractivity contribution in [3.8, 4) is 0 Å². The van der Waals surface area contributed by atoms with E-state index in [-0.39, 0.29) is 0 Å². The number of benzene rings is 1. The Hall–Kier alpha value is 0.559. The molecule has 2 aliphatic heterocycles. The van der Waals surface area contributed by atoms with Crippen LogP contribution in [0.2, 0.25) is 8.87 Å². The van der Waals surface area contributed by atoms with Crippen LogP contribution in [-0.2, 0) is 0 Å². The summed E-state index contributed by atoms with van der Waals surface area (Å²) in [6, 6.07) is 4.22. The molecule has 5 heteroatoms. The third-order valence-electron chi connectivity index (χ3n) is 4.31. The van der Waals surface area contributed by atoms with Gasteiger partial charge in [0.1, 0.15) is 0 Å². The van der Waals surface area contributed by atoms with E-state index in [1.165, 1.54) is 36.8 Å². The van der Waals surface area contributed by atoms with E-state index >= 15 is 0 Å². The van der Waals surface area contributed by atoms with Crippen molar-refractivity contribution in [2.24, 2.45) is 0 Å². The first-order valence-electron chi connectivity index (χ1n) is 9.30. The van der Waals surface area contributed by atoms with Gasteiger partial charge in [0.15, 0.2) is 0 Å².